The Hall–Kier alpha value is -6.07. The van der Waals surface area contributed by atoms with Crippen molar-refractivity contribution in [1.82, 2.24) is 29.1 Å². The van der Waals surface area contributed by atoms with Crippen LogP contribution < -0.4 is 42.2 Å². The maximum absolute atomic E-state index is 13.4. The molecule has 0 unspecified atom stereocenters. The van der Waals surface area contributed by atoms with Gasteiger partial charge in [-0.2, -0.15) is 0 Å². The zero-order valence-corrected chi connectivity index (χ0v) is 36.7. The highest BCUT2D eigenvalue weighted by molar-refractivity contribution is 9.10. The number of nitrogens with one attached hydrogen (secondary N) is 2. The van der Waals surface area contributed by atoms with Crippen molar-refractivity contribution in [2.45, 2.75) is 38.8 Å². The van der Waals surface area contributed by atoms with Gasteiger partial charge >= 0.3 is 6.03 Å². The second-order valence-electron chi connectivity index (χ2n) is 15.3. The molecule has 0 saturated carbocycles. The van der Waals surface area contributed by atoms with Gasteiger partial charge in [0, 0.05) is 103 Å². The van der Waals surface area contributed by atoms with E-state index >= 15 is 0 Å². The highest BCUT2D eigenvalue weighted by atomic mass is 79.9. The average Bonchev–Trinajstić information content (AvgIpc) is 3.83. The van der Waals surface area contributed by atoms with Crippen LogP contribution in [-0.4, -0.2) is 73.4 Å². The number of rotatable bonds is 3. The van der Waals surface area contributed by atoms with Crippen LogP contribution in [0, 0.1) is 13.8 Å². The molecule has 0 radical (unpaired) electrons. The first-order chi connectivity index (χ1) is 28.8. The van der Waals surface area contributed by atoms with Crippen LogP contribution in [0.15, 0.2) is 104 Å². The Morgan fingerprint density at radius 3 is 2.03 bits per heavy atom. The zero-order chi connectivity index (χ0) is 42.2. The summed E-state index contributed by atoms with van der Waals surface area (Å²) in [7, 11) is 3.31. The summed E-state index contributed by atoms with van der Waals surface area (Å²) in [6, 6.07) is 19.7. The summed E-state index contributed by atoms with van der Waals surface area (Å²) in [5.41, 5.74) is 13.4. The van der Waals surface area contributed by atoms with Crippen molar-refractivity contribution in [3.8, 4) is 22.5 Å². The van der Waals surface area contributed by atoms with Crippen LogP contribution in [0.4, 0.5) is 39.2 Å². The number of carbonyl (C=O) groups is 1. The van der Waals surface area contributed by atoms with Crippen LogP contribution in [0.5, 0.6) is 0 Å². The molecule has 2 amide bonds. The fourth-order valence-electron chi connectivity index (χ4n) is 7.94. The van der Waals surface area contributed by atoms with Crippen LogP contribution in [-0.2, 0) is 14.1 Å². The van der Waals surface area contributed by atoms with E-state index in [2.05, 4.69) is 80.5 Å². The Bertz CT molecular complexity index is 2710. The van der Waals surface area contributed by atoms with Crippen molar-refractivity contribution in [2.75, 3.05) is 57.2 Å². The van der Waals surface area contributed by atoms with Gasteiger partial charge in [-0.1, -0.05) is 0 Å². The van der Waals surface area contributed by atoms with Crippen molar-refractivity contribution in [2.24, 2.45) is 14.1 Å². The molecule has 10 rings (SSSR count). The maximum atomic E-state index is 13.4. The summed E-state index contributed by atoms with van der Waals surface area (Å²) in [4.78, 5) is 61.3. The van der Waals surface area contributed by atoms with Crippen molar-refractivity contribution in [3.63, 3.8) is 0 Å². The third-order valence-corrected chi connectivity index (χ3v) is 11.7. The van der Waals surface area contributed by atoms with E-state index in [0.717, 1.165) is 82.5 Å². The topological polar surface area (TPSA) is 172 Å². The van der Waals surface area contributed by atoms with E-state index in [-0.39, 0.29) is 34.6 Å². The molecule has 6 aromatic heterocycles. The number of urea groups is 1. The number of aryl methyl sites for hydroxylation is 4. The molecule has 4 aliphatic heterocycles. The Balaban J connectivity index is 0.000000145. The van der Waals surface area contributed by atoms with Gasteiger partial charge in [0.2, 0.25) is 0 Å². The minimum atomic E-state index is -0.349. The highest BCUT2D eigenvalue weighted by Gasteiger charge is 2.40. The number of nitrogens with zero attached hydrogens (tertiary/aromatic N) is 9. The molecule has 6 aromatic rings. The molecule has 0 aromatic carbocycles. The molecule has 60 heavy (non-hydrogen) atoms. The SMILES string of the molecule is Cc1cc(-c2ccc3c(n2)N(C(=O)Nc2cc(Br)cn(C)c2=O)[C@H]2CCN3C2)ccn1.Cc1cc(-c2ccc3c(n2)N[C@H]2CCN3C2)ccn1.Cn1cc(Br)cc(N)c1=O. The number of aromatic nitrogens is 6. The summed E-state index contributed by atoms with van der Waals surface area (Å²) in [5.74, 6) is 1.64. The first-order valence-corrected chi connectivity index (χ1v) is 21.1. The minimum absolute atomic E-state index is 0.00503. The fraction of sp³-hybridized carbons (Fsp3) is 0.279. The first-order valence-electron chi connectivity index (χ1n) is 19.5. The number of hydrogen-bond acceptors (Lipinski definition) is 11. The van der Waals surface area contributed by atoms with E-state index in [4.69, 9.17) is 15.7 Å². The Morgan fingerprint density at radius 1 is 0.767 bits per heavy atom. The number of anilines is 6. The third kappa shape index (κ3) is 8.49. The summed E-state index contributed by atoms with van der Waals surface area (Å²) < 4.78 is 4.39. The molecule has 4 bridgehead atoms. The number of halogens is 2. The molecule has 17 heteroatoms. The Labute approximate surface area is 363 Å². The van der Waals surface area contributed by atoms with Crippen molar-refractivity contribution >= 4 is 72.3 Å². The second kappa shape index (κ2) is 16.9. The van der Waals surface area contributed by atoms with Crippen LogP contribution in [0.3, 0.4) is 0 Å². The van der Waals surface area contributed by atoms with Gasteiger partial charge in [-0.15, -0.1) is 0 Å². The first kappa shape index (κ1) is 40.7. The average molecular weight is 937 g/mol. The summed E-state index contributed by atoms with van der Waals surface area (Å²) in [6.07, 6.45) is 8.98. The van der Waals surface area contributed by atoms with Gasteiger partial charge < -0.3 is 35.3 Å². The van der Waals surface area contributed by atoms with E-state index < -0.39 is 0 Å². The van der Waals surface area contributed by atoms with Gasteiger partial charge in [0.25, 0.3) is 11.1 Å². The maximum Gasteiger partial charge on any atom is 0.328 e. The molecule has 15 nitrogen and oxygen atoms in total. The minimum Gasteiger partial charge on any atom is -0.394 e. The molecule has 2 fully saturated rings. The lowest BCUT2D eigenvalue weighted by molar-refractivity contribution is 0.255. The standard InChI is InChI=1S/C22H21BrN6O2.C15H16N4.C6H7BrN2O/c1-13-9-14(5-7-24-13)17-3-4-19-20(25-17)29(16-6-8-28(19)12-16)22(31)26-18-10-15(23)11-27(2)21(18)30;1-10-8-11(4-6-16-10)13-2-3-14-15(18-13)17-12-5-7-19(14)9-12;1-9-3-4(7)2-5(8)6(9)10/h3-5,7,9-11,16H,6,8,12H2,1-2H3,(H,26,31);2-4,6,8,12H,5,7,9H2,1H3,(H,17,18);2-3H,8H2,1H3/t16-;12-;/m00./s1. The number of hydrogen-bond donors (Lipinski definition) is 3. The lowest BCUT2D eigenvalue weighted by Crippen LogP contribution is -2.48. The van der Waals surface area contributed by atoms with Gasteiger partial charge in [0.05, 0.1) is 34.5 Å². The molecule has 0 aliphatic carbocycles. The molecular formula is C43H44Br2N12O3. The Kier molecular flexibility index (Phi) is 11.5. The number of carbonyl (C=O) groups excluding carboxylic acids is 1. The monoisotopic (exact) mass is 934 g/mol. The fourth-order valence-corrected chi connectivity index (χ4v) is 9.03. The summed E-state index contributed by atoms with van der Waals surface area (Å²) in [6.45, 7) is 7.82. The lowest BCUT2D eigenvalue weighted by Gasteiger charge is -2.35. The van der Waals surface area contributed by atoms with Crippen molar-refractivity contribution in [3.05, 3.63) is 126 Å². The molecule has 4 aliphatic rings. The zero-order valence-electron chi connectivity index (χ0n) is 33.6. The van der Waals surface area contributed by atoms with Gasteiger partial charge in [0.15, 0.2) is 11.6 Å². The molecule has 4 N–H and O–H groups in total. The number of nitrogen functional groups attached to an aromatic ring is 1. The Morgan fingerprint density at radius 2 is 1.37 bits per heavy atom. The van der Waals surface area contributed by atoms with Crippen molar-refractivity contribution in [1.29, 1.82) is 0 Å². The molecule has 2 saturated heterocycles. The van der Waals surface area contributed by atoms with E-state index in [0.29, 0.717) is 16.3 Å². The van der Waals surface area contributed by atoms with Crippen LogP contribution in [0.25, 0.3) is 22.5 Å². The normalized spacial score (nSPS) is 16.7. The van der Waals surface area contributed by atoms with Gasteiger partial charge in [-0.25, -0.2) is 14.8 Å². The quantitative estimate of drug-likeness (QED) is 0.172. The predicted octanol–water partition coefficient (Wildman–Crippen LogP) is 6.73. The van der Waals surface area contributed by atoms with Gasteiger partial charge in [-0.05, 0) is 119 Å². The molecule has 308 valence electrons. The lowest BCUT2D eigenvalue weighted by atomic mass is 10.1. The molecular weight excluding hydrogens is 892 g/mol. The smallest absolute Gasteiger partial charge is 0.328 e. The number of amides is 2. The number of fused-ring (bicyclic) bond motifs is 8. The van der Waals surface area contributed by atoms with E-state index in [1.54, 1.807) is 49.7 Å². The third-order valence-electron chi connectivity index (χ3n) is 10.9. The van der Waals surface area contributed by atoms with E-state index in [9.17, 15) is 14.4 Å². The molecule has 0 spiro atoms. The number of nitrogens with two attached hydrogens (primary N) is 1. The van der Waals surface area contributed by atoms with E-state index in [1.807, 2.05) is 50.4 Å². The van der Waals surface area contributed by atoms with Crippen molar-refractivity contribution < 1.29 is 4.79 Å². The van der Waals surface area contributed by atoms with E-state index in [1.165, 1.54) is 21.2 Å². The predicted molar refractivity (Wildman–Crippen MR) is 244 cm³/mol. The highest BCUT2D eigenvalue weighted by Crippen LogP contribution is 2.40. The van der Waals surface area contributed by atoms with Crippen LogP contribution in [0.2, 0.25) is 0 Å². The molecule has 2 atom stereocenters. The van der Waals surface area contributed by atoms with Crippen LogP contribution >= 0.6 is 31.9 Å². The second-order valence-corrected chi connectivity index (χ2v) is 17.1. The molecule has 10 heterocycles. The largest absolute Gasteiger partial charge is 0.394 e. The summed E-state index contributed by atoms with van der Waals surface area (Å²) in [5, 5.41) is 6.35. The summed E-state index contributed by atoms with van der Waals surface area (Å²) >= 11 is 6.59. The number of pyridine rings is 6. The van der Waals surface area contributed by atoms with Gasteiger partial charge in [0.1, 0.15) is 5.69 Å². The van der Waals surface area contributed by atoms with Gasteiger partial charge in [-0.3, -0.25) is 24.5 Å². The van der Waals surface area contributed by atoms with Crippen LogP contribution in [0.1, 0.15) is 24.2 Å².